The first-order valence-electron chi connectivity index (χ1n) is 4.43. The molecule has 1 heterocycles. The molecule has 0 aliphatic carbocycles. The maximum absolute atomic E-state index is 5.72. The molecular weight excluding hydrogens is 164 g/mol. The highest BCUT2D eigenvalue weighted by atomic mass is 16.5. The van der Waals surface area contributed by atoms with Crippen LogP contribution in [0.25, 0.3) is 0 Å². The monoisotopic (exact) mass is 180 g/mol. The van der Waals surface area contributed by atoms with Crippen molar-refractivity contribution < 1.29 is 4.74 Å². The first-order valence-corrected chi connectivity index (χ1v) is 4.43. The van der Waals surface area contributed by atoms with Crippen LogP contribution in [0.3, 0.4) is 0 Å². The van der Waals surface area contributed by atoms with Crippen molar-refractivity contribution in [1.29, 1.82) is 0 Å². The number of nitrogens with zero attached hydrogens (tertiary/aromatic N) is 1. The minimum atomic E-state index is 0.221. The molecule has 1 rings (SSSR count). The number of hydrogen-bond donors (Lipinski definition) is 1. The molecule has 0 saturated heterocycles. The lowest BCUT2D eigenvalue weighted by molar-refractivity contribution is 0.0656. The van der Waals surface area contributed by atoms with E-state index in [1.807, 2.05) is 26.8 Å². The van der Waals surface area contributed by atoms with Crippen LogP contribution in [0.4, 0.5) is 5.82 Å². The van der Waals surface area contributed by atoms with Gasteiger partial charge in [-0.15, -0.1) is 0 Å². The lowest BCUT2D eigenvalue weighted by atomic mass is 10.1. The van der Waals surface area contributed by atoms with Gasteiger partial charge in [-0.2, -0.15) is 0 Å². The maximum Gasteiger partial charge on any atom is 0.129 e. The van der Waals surface area contributed by atoms with Crippen LogP contribution in [0.15, 0.2) is 12.3 Å². The zero-order valence-corrected chi connectivity index (χ0v) is 8.37. The number of nitrogen functional groups attached to an aromatic ring is 1. The van der Waals surface area contributed by atoms with Gasteiger partial charge >= 0.3 is 0 Å². The minimum Gasteiger partial charge on any atom is -0.383 e. The summed E-state index contributed by atoms with van der Waals surface area (Å²) in [4.78, 5) is 4.02. The quantitative estimate of drug-likeness (QED) is 0.772. The van der Waals surface area contributed by atoms with E-state index >= 15 is 0 Å². The summed E-state index contributed by atoms with van der Waals surface area (Å²) in [5.41, 5.74) is 7.85. The lowest BCUT2D eigenvalue weighted by Crippen LogP contribution is -2.07. The molecule has 3 heteroatoms. The Balaban J connectivity index is 2.75. The van der Waals surface area contributed by atoms with Crippen LogP contribution in [-0.4, -0.2) is 11.1 Å². The number of aryl methyl sites for hydroxylation is 1. The third-order valence-corrected chi connectivity index (χ3v) is 1.88. The number of rotatable bonds is 3. The molecule has 0 aliphatic rings. The fraction of sp³-hybridized carbons (Fsp3) is 0.500. The lowest BCUT2D eigenvalue weighted by Gasteiger charge is -2.11. The number of pyridine rings is 1. The van der Waals surface area contributed by atoms with Crippen molar-refractivity contribution in [2.75, 3.05) is 5.73 Å². The Labute approximate surface area is 78.9 Å². The first kappa shape index (κ1) is 9.99. The third kappa shape index (κ3) is 2.70. The zero-order valence-electron chi connectivity index (χ0n) is 8.37. The Kier molecular flexibility index (Phi) is 3.25. The highest BCUT2D eigenvalue weighted by Crippen LogP contribution is 2.14. The maximum atomic E-state index is 5.72. The van der Waals surface area contributed by atoms with Gasteiger partial charge in [0.15, 0.2) is 0 Å². The van der Waals surface area contributed by atoms with Gasteiger partial charge in [0.05, 0.1) is 12.7 Å². The van der Waals surface area contributed by atoms with Crippen LogP contribution < -0.4 is 5.73 Å². The summed E-state index contributed by atoms with van der Waals surface area (Å²) in [5, 5.41) is 0. The molecule has 0 radical (unpaired) electrons. The summed E-state index contributed by atoms with van der Waals surface area (Å²) in [6.45, 7) is 6.56. The van der Waals surface area contributed by atoms with E-state index in [0.717, 1.165) is 11.1 Å². The molecule has 0 fully saturated rings. The van der Waals surface area contributed by atoms with Crippen molar-refractivity contribution in [3.8, 4) is 0 Å². The molecule has 0 saturated carbocycles. The molecular formula is C10H16N2O. The number of ether oxygens (including phenoxy) is 1. The molecule has 0 aromatic carbocycles. The smallest absolute Gasteiger partial charge is 0.129 e. The molecule has 13 heavy (non-hydrogen) atoms. The first-order chi connectivity index (χ1) is 6.11. The predicted molar refractivity (Wildman–Crippen MR) is 53.3 cm³/mol. The molecule has 0 unspecified atom stereocenters. The van der Waals surface area contributed by atoms with E-state index in [1.54, 1.807) is 6.20 Å². The Morgan fingerprint density at radius 2 is 2.23 bits per heavy atom. The Hall–Kier alpha value is -1.09. The SMILES string of the molecule is Cc1ccnc(N)c1COC(C)C. The highest BCUT2D eigenvalue weighted by Gasteiger charge is 2.04. The molecule has 1 aromatic heterocycles. The fourth-order valence-corrected chi connectivity index (χ4v) is 1.05. The summed E-state index contributed by atoms with van der Waals surface area (Å²) in [5.74, 6) is 0.570. The highest BCUT2D eigenvalue weighted by molar-refractivity contribution is 5.43. The van der Waals surface area contributed by atoms with Gasteiger partial charge in [-0.3, -0.25) is 0 Å². The van der Waals surface area contributed by atoms with Gasteiger partial charge in [0.25, 0.3) is 0 Å². The number of nitrogens with two attached hydrogens (primary N) is 1. The molecule has 3 nitrogen and oxygen atoms in total. The molecule has 0 bridgehead atoms. The minimum absolute atomic E-state index is 0.221. The van der Waals surface area contributed by atoms with E-state index in [4.69, 9.17) is 10.5 Å². The van der Waals surface area contributed by atoms with Crippen LogP contribution in [0.1, 0.15) is 25.0 Å². The second-order valence-electron chi connectivity index (χ2n) is 3.35. The van der Waals surface area contributed by atoms with E-state index in [1.165, 1.54) is 0 Å². The molecule has 0 atom stereocenters. The average Bonchev–Trinajstić information content (AvgIpc) is 2.03. The Morgan fingerprint density at radius 3 is 2.77 bits per heavy atom. The van der Waals surface area contributed by atoms with Crippen molar-refractivity contribution >= 4 is 5.82 Å². The van der Waals surface area contributed by atoms with Crippen LogP contribution in [0, 0.1) is 6.92 Å². The Morgan fingerprint density at radius 1 is 1.54 bits per heavy atom. The standard InChI is InChI=1S/C10H16N2O/c1-7(2)13-6-9-8(3)4-5-12-10(9)11/h4-5,7H,6H2,1-3H3,(H2,11,12). The van der Waals surface area contributed by atoms with Crippen molar-refractivity contribution in [3.05, 3.63) is 23.4 Å². The van der Waals surface area contributed by atoms with Crippen molar-refractivity contribution in [1.82, 2.24) is 4.98 Å². The van der Waals surface area contributed by atoms with Gasteiger partial charge in [-0.25, -0.2) is 4.98 Å². The average molecular weight is 180 g/mol. The van der Waals surface area contributed by atoms with E-state index in [9.17, 15) is 0 Å². The molecule has 0 aliphatic heterocycles. The van der Waals surface area contributed by atoms with Crippen LogP contribution in [0.2, 0.25) is 0 Å². The van der Waals surface area contributed by atoms with Crippen molar-refractivity contribution in [3.63, 3.8) is 0 Å². The van der Waals surface area contributed by atoms with Gasteiger partial charge in [-0.1, -0.05) is 0 Å². The van der Waals surface area contributed by atoms with Gasteiger partial charge < -0.3 is 10.5 Å². The fourth-order valence-electron chi connectivity index (χ4n) is 1.05. The van der Waals surface area contributed by atoms with Crippen molar-refractivity contribution in [2.24, 2.45) is 0 Å². The van der Waals surface area contributed by atoms with E-state index in [2.05, 4.69) is 4.98 Å². The molecule has 0 spiro atoms. The van der Waals surface area contributed by atoms with Crippen LogP contribution in [-0.2, 0) is 11.3 Å². The second-order valence-corrected chi connectivity index (χ2v) is 3.35. The number of anilines is 1. The summed E-state index contributed by atoms with van der Waals surface area (Å²) >= 11 is 0. The second kappa shape index (κ2) is 4.23. The summed E-state index contributed by atoms with van der Waals surface area (Å²) in [6, 6.07) is 1.94. The predicted octanol–water partition coefficient (Wildman–Crippen LogP) is 1.90. The summed E-state index contributed by atoms with van der Waals surface area (Å²) < 4.78 is 5.47. The van der Waals surface area contributed by atoms with E-state index in [-0.39, 0.29) is 6.10 Å². The van der Waals surface area contributed by atoms with Crippen LogP contribution in [0.5, 0.6) is 0 Å². The Bertz CT molecular complexity index is 264. The molecule has 72 valence electrons. The number of hydrogen-bond acceptors (Lipinski definition) is 3. The largest absolute Gasteiger partial charge is 0.383 e. The van der Waals surface area contributed by atoms with Gasteiger partial charge in [0, 0.05) is 11.8 Å². The summed E-state index contributed by atoms with van der Waals surface area (Å²) in [6.07, 6.45) is 1.93. The van der Waals surface area contributed by atoms with Crippen molar-refractivity contribution in [2.45, 2.75) is 33.5 Å². The zero-order chi connectivity index (χ0) is 9.84. The van der Waals surface area contributed by atoms with E-state index in [0.29, 0.717) is 12.4 Å². The number of aromatic nitrogens is 1. The van der Waals surface area contributed by atoms with Gasteiger partial charge in [0.2, 0.25) is 0 Å². The molecule has 2 N–H and O–H groups in total. The van der Waals surface area contributed by atoms with Gasteiger partial charge in [-0.05, 0) is 32.4 Å². The summed E-state index contributed by atoms with van der Waals surface area (Å²) in [7, 11) is 0. The van der Waals surface area contributed by atoms with Gasteiger partial charge in [0.1, 0.15) is 5.82 Å². The van der Waals surface area contributed by atoms with E-state index < -0.39 is 0 Å². The topological polar surface area (TPSA) is 48.1 Å². The van der Waals surface area contributed by atoms with Crippen LogP contribution >= 0.6 is 0 Å². The normalized spacial score (nSPS) is 10.8. The molecule has 1 aromatic rings. The third-order valence-electron chi connectivity index (χ3n) is 1.88. The molecule has 0 amide bonds.